The number of hydrogen-bond donors (Lipinski definition) is 4. The molecule has 10 heteroatoms. The first-order valence-electron chi connectivity index (χ1n) is 13.2. The number of ether oxygens (including phenoxy) is 1. The minimum absolute atomic E-state index is 0.0368. The fourth-order valence-corrected chi connectivity index (χ4v) is 4.97. The maximum atomic E-state index is 14.1. The molecule has 204 valence electrons. The minimum atomic E-state index is -1.13. The predicted octanol–water partition coefficient (Wildman–Crippen LogP) is 3.97. The Labute approximate surface area is 222 Å². The Morgan fingerprint density at radius 1 is 1.08 bits per heavy atom. The van der Waals surface area contributed by atoms with Gasteiger partial charge in [0.2, 0.25) is 11.8 Å². The number of nitrogens with zero attached hydrogens (tertiary/aromatic N) is 1. The third-order valence-corrected chi connectivity index (χ3v) is 7.11. The number of anilines is 2. The molecular weight excluding hydrogens is 489 g/mol. The lowest BCUT2D eigenvalue weighted by atomic mass is 9.99. The van der Waals surface area contributed by atoms with Crippen LogP contribution < -0.4 is 21.3 Å². The van der Waals surface area contributed by atoms with Crippen molar-refractivity contribution in [2.24, 2.45) is 0 Å². The van der Waals surface area contributed by atoms with Crippen LogP contribution in [0, 0.1) is 5.82 Å². The highest BCUT2D eigenvalue weighted by atomic mass is 19.1. The van der Waals surface area contributed by atoms with Gasteiger partial charge in [0.1, 0.15) is 24.6 Å². The van der Waals surface area contributed by atoms with Gasteiger partial charge in [-0.15, -0.1) is 0 Å². The van der Waals surface area contributed by atoms with E-state index in [0.29, 0.717) is 17.9 Å². The van der Waals surface area contributed by atoms with Crippen molar-refractivity contribution in [2.75, 3.05) is 17.2 Å². The molecular formula is C28H36FN5O4. The second-order valence-corrected chi connectivity index (χ2v) is 9.83. The molecule has 4 atom stereocenters. The molecule has 2 aromatic carbocycles. The number of halogens is 1. The van der Waals surface area contributed by atoms with E-state index in [2.05, 4.69) is 21.3 Å². The van der Waals surface area contributed by atoms with Crippen LogP contribution in [0.5, 0.6) is 0 Å². The molecule has 1 fully saturated rings. The van der Waals surface area contributed by atoms with E-state index >= 15 is 0 Å². The molecule has 0 spiro atoms. The van der Waals surface area contributed by atoms with Crippen molar-refractivity contribution >= 4 is 29.3 Å². The van der Waals surface area contributed by atoms with Gasteiger partial charge in [0.15, 0.2) is 0 Å². The molecule has 4 rings (SSSR count). The second-order valence-electron chi connectivity index (χ2n) is 9.83. The quantitative estimate of drug-likeness (QED) is 0.394. The summed E-state index contributed by atoms with van der Waals surface area (Å²) in [5.41, 5.74) is 1.74. The van der Waals surface area contributed by atoms with Crippen LogP contribution in [0.4, 0.5) is 20.6 Å². The van der Waals surface area contributed by atoms with E-state index in [-0.39, 0.29) is 25.0 Å². The van der Waals surface area contributed by atoms with Crippen LogP contribution >= 0.6 is 0 Å². The first-order chi connectivity index (χ1) is 18.4. The molecule has 2 aliphatic rings. The number of piperidine rings is 1. The molecule has 1 saturated heterocycles. The summed E-state index contributed by atoms with van der Waals surface area (Å²) in [5.74, 6) is -1.10. The lowest BCUT2D eigenvalue weighted by Crippen LogP contribution is -2.55. The van der Waals surface area contributed by atoms with Crippen molar-refractivity contribution in [3.05, 3.63) is 59.9 Å². The van der Waals surface area contributed by atoms with Gasteiger partial charge in [-0.3, -0.25) is 9.59 Å². The van der Waals surface area contributed by atoms with E-state index < -0.39 is 36.1 Å². The maximum absolute atomic E-state index is 14.1. The number of carbonyl (C=O) groups excluding carboxylic acids is 3. The van der Waals surface area contributed by atoms with Crippen LogP contribution in [0.15, 0.2) is 48.5 Å². The van der Waals surface area contributed by atoms with Crippen molar-refractivity contribution in [3.63, 3.8) is 0 Å². The van der Waals surface area contributed by atoms with Crippen molar-refractivity contribution in [3.8, 4) is 0 Å². The molecule has 2 aromatic rings. The van der Waals surface area contributed by atoms with Gasteiger partial charge < -0.3 is 30.9 Å². The number of alkyl carbamates (subject to hydrolysis) is 1. The monoisotopic (exact) mass is 525 g/mol. The summed E-state index contributed by atoms with van der Waals surface area (Å²) < 4.78 is 19.5. The molecule has 0 aliphatic carbocycles. The molecule has 0 radical (unpaired) electrons. The van der Waals surface area contributed by atoms with Crippen LogP contribution in [0.1, 0.15) is 51.5 Å². The lowest BCUT2D eigenvalue weighted by molar-refractivity contribution is -0.138. The molecule has 1 unspecified atom stereocenters. The Kier molecular flexibility index (Phi) is 9.04. The Morgan fingerprint density at radius 3 is 2.61 bits per heavy atom. The van der Waals surface area contributed by atoms with Crippen LogP contribution in [0.2, 0.25) is 0 Å². The highest BCUT2D eigenvalue weighted by molar-refractivity contribution is 5.91. The number of benzene rings is 2. The molecule has 0 bridgehead atoms. The van der Waals surface area contributed by atoms with Gasteiger partial charge in [-0.05, 0) is 50.3 Å². The van der Waals surface area contributed by atoms with Gasteiger partial charge in [0.05, 0.1) is 23.8 Å². The largest absolute Gasteiger partial charge is 0.445 e. The Hall–Kier alpha value is -3.82. The summed E-state index contributed by atoms with van der Waals surface area (Å²) in [4.78, 5) is 41.1. The highest BCUT2D eigenvalue weighted by Gasteiger charge is 2.33. The number of hydrogen-bond acceptors (Lipinski definition) is 6. The molecule has 2 aliphatic heterocycles. The van der Waals surface area contributed by atoms with E-state index in [1.807, 2.05) is 42.2 Å². The summed E-state index contributed by atoms with van der Waals surface area (Å²) in [6.45, 7) is 4.48. The molecule has 0 aromatic heterocycles. The fourth-order valence-electron chi connectivity index (χ4n) is 4.97. The number of amides is 3. The zero-order chi connectivity index (χ0) is 27.1. The number of rotatable bonds is 9. The zero-order valence-electron chi connectivity index (χ0n) is 21.8. The van der Waals surface area contributed by atoms with Gasteiger partial charge in [-0.2, -0.15) is 0 Å². The van der Waals surface area contributed by atoms with E-state index in [0.717, 1.165) is 31.2 Å². The summed E-state index contributed by atoms with van der Waals surface area (Å²) in [7, 11) is 0. The van der Waals surface area contributed by atoms with E-state index in [1.54, 1.807) is 19.1 Å². The summed E-state index contributed by atoms with van der Waals surface area (Å²) in [6, 6.07) is 12.4. The molecule has 38 heavy (non-hydrogen) atoms. The van der Waals surface area contributed by atoms with Crippen LogP contribution in [0.3, 0.4) is 0 Å². The summed E-state index contributed by atoms with van der Waals surface area (Å²) in [5, 5.41) is 11.6. The topological polar surface area (TPSA) is 112 Å². The Balaban J connectivity index is 1.41. The first kappa shape index (κ1) is 27.2. The Morgan fingerprint density at radius 2 is 1.87 bits per heavy atom. The van der Waals surface area contributed by atoms with Gasteiger partial charge in [-0.25, -0.2) is 9.18 Å². The molecule has 3 amide bonds. The first-order valence-corrected chi connectivity index (χ1v) is 13.2. The normalized spacial score (nSPS) is 19.8. The highest BCUT2D eigenvalue weighted by Crippen LogP contribution is 2.32. The molecule has 0 saturated carbocycles. The average molecular weight is 526 g/mol. The van der Waals surface area contributed by atoms with Crippen LogP contribution in [0.25, 0.3) is 0 Å². The minimum Gasteiger partial charge on any atom is -0.445 e. The third-order valence-electron chi connectivity index (χ3n) is 7.11. The summed E-state index contributed by atoms with van der Waals surface area (Å²) >= 11 is 0. The standard InChI is InChI=1S/C28H36FN5O4/c1-3-20-12-7-8-15-34(20)24(35)16-23(32-28(37)38-17-19-10-5-4-6-11-19)27(36)30-18(2)26-31-22-14-9-13-21(29)25(22)33-26/h4-6,9-11,13-14,18,20,23,26,31,33H,3,7-8,12,15-17H2,1-2H3,(H,30,36)(H,32,37)/t18-,20-,23-,26?/m0/s1. The van der Waals surface area contributed by atoms with Gasteiger partial charge in [-0.1, -0.05) is 43.3 Å². The zero-order valence-corrected chi connectivity index (χ0v) is 21.8. The number of fused-ring (bicyclic) bond motifs is 1. The van der Waals surface area contributed by atoms with Gasteiger partial charge in [0.25, 0.3) is 0 Å². The van der Waals surface area contributed by atoms with Crippen LogP contribution in [-0.4, -0.2) is 53.6 Å². The number of likely N-dealkylation sites (tertiary alicyclic amines) is 1. The number of nitrogens with one attached hydrogen (secondary N) is 4. The number of para-hydroxylation sites is 1. The van der Waals surface area contributed by atoms with Crippen molar-refractivity contribution in [1.82, 2.24) is 15.5 Å². The number of carbonyl (C=O) groups is 3. The molecule has 9 nitrogen and oxygen atoms in total. The average Bonchev–Trinajstić information content (AvgIpc) is 3.38. The predicted molar refractivity (Wildman–Crippen MR) is 143 cm³/mol. The molecule has 2 heterocycles. The van der Waals surface area contributed by atoms with E-state index in [4.69, 9.17) is 4.74 Å². The van der Waals surface area contributed by atoms with Gasteiger partial charge >= 0.3 is 6.09 Å². The van der Waals surface area contributed by atoms with Crippen molar-refractivity contribution < 1.29 is 23.5 Å². The molecule has 4 N–H and O–H groups in total. The Bertz CT molecular complexity index is 1130. The summed E-state index contributed by atoms with van der Waals surface area (Å²) in [6.07, 6.45) is 2.30. The van der Waals surface area contributed by atoms with E-state index in [1.165, 1.54) is 6.07 Å². The van der Waals surface area contributed by atoms with Crippen LogP contribution in [-0.2, 0) is 20.9 Å². The lowest BCUT2D eigenvalue weighted by Gasteiger charge is -2.36. The SMILES string of the molecule is CC[C@H]1CCCCN1C(=O)C[C@H](NC(=O)OCc1ccccc1)C(=O)N[C@@H](C)C1Nc2cccc(F)c2N1. The van der Waals surface area contributed by atoms with Crippen molar-refractivity contribution in [1.29, 1.82) is 0 Å². The second kappa shape index (κ2) is 12.6. The maximum Gasteiger partial charge on any atom is 0.408 e. The van der Waals surface area contributed by atoms with E-state index in [9.17, 15) is 18.8 Å². The third kappa shape index (κ3) is 6.73. The van der Waals surface area contributed by atoms with Crippen molar-refractivity contribution in [2.45, 2.75) is 76.8 Å². The fraction of sp³-hybridized carbons (Fsp3) is 0.464. The smallest absolute Gasteiger partial charge is 0.408 e. The van der Waals surface area contributed by atoms with Gasteiger partial charge in [0, 0.05) is 12.6 Å².